The van der Waals surface area contributed by atoms with E-state index in [4.69, 9.17) is 0 Å². The normalized spacial score (nSPS) is 18.8. The number of hydrogen-bond donors (Lipinski definition) is 1. The van der Waals surface area contributed by atoms with Gasteiger partial charge in [0, 0.05) is 17.9 Å². The summed E-state index contributed by atoms with van der Waals surface area (Å²) in [5.74, 6) is -0.148. The topological polar surface area (TPSA) is 31.9 Å². The molecule has 1 aromatic heterocycles. The van der Waals surface area contributed by atoms with Crippen LogP contribution >= 0.6 is 0 Å². The van der Waals surface area contributed by atoms with Gasteiger partial charge >= 0.3 is 0 Å². The van der Waals surface area contributed by atoms with Crippen LogP contribution in [0.1, 0.15) is 24.6 Å². The number of fused-ring (bicyclic) bond motifs is 1. The summed E-state index contributed by atoms with van der Waals surface area (Å²) < 4.78 is 13.3. The summed E-state index contributed by atoms with van der Waals surface area (Å²) in [5.41, 5.74) is 3.33. The number of rotatable bonds is 2. The van der Waals surface area contributed by atoms with Crippen LogP contribution in [0.3, 0.4) is 0 Å². The molecule has 1 N–H and O–H groups in total. The number of nitrogens with zero attached hydrogens (tertiary/aromatic N) is 2. The molecule has 1 atom stereocenters. The van der Waals surface area contributed by atoms with Crippen molar-refractivity contribution in [1.29, 1.82) is 0 Å². The fourth-order valence-corrected chi connectivity index (χ4v) is 2.59. The van der Waals surface area contributed by atoms with Crippen molar-refractivity contribution in [2.24, 2.45) is 0 Å². The molecule has 2 aromatic rings. The lowest BCUT2D eigenvalue weighted by molar-refractivity contribution is 0.551. The average molecular weight is 245 g/mol. The Morgan fingerprint density at radius 2 is 2.39 bits per heavy atom. The molecule has 0 spiro atoms. The highest BCUT2D eigenvalue weighted by atomic mass is 19.1. The molecule has 1 aliphatic heterocycles. The molecule has 0 fully saturated rings. The predicted octanol–water partition coefficient (Wildman–Crippen LogP) is 2.89. The standard InChI is InChI=1S/C14H16FN3/c1-10-2-3-11-6-12(15)4-5-14(11)18(10)8-13-7-16-9-17-13/h4-7,9-10H,2-3,8H2,1H3,(H,16,17)/t10-/m0/s1. The van der Waals surface area contributed by atoms with Crippen LogP contribution in [0.15, 0.2) is 30.7 Å². The summed E-state index contributed by atoms with van der Waals surface area (Å²) >= 11 is 0. The van der Waals surface area contributed by atoms with Crippen LogP contribution in [0.4, 0.5) is 10.1 Å². The zero-order chi connectivity index (χ0) is 12.5. The Bertz CT molecular complexity index is 536. The number of imidazole rings is 1. The third-order valence-electron chi connectivity index (χ3n) is 3.61. The summed E-state index contributed by atoms with van der Waals surface area (Å²) in [6.45, 7) is 3.00. The Morgan fingerprint density at radius 1 is 1.50 bits per heavy atom. The maximum atomic E-state index is 13.3. The minimum Gasteiger partial charge on any atom is -0.363 e. The predicted molar refractivity (Wildman–Crippen MR) is 69.0 cm³/mol. The van der Waals surface area contributed by atoms with Crippen molar-refractivity contribution in [3.05, 3.63) is 47.8 Å². The minimum absolute atomic E-state index is 0.148. The van der Waals surface area contributed by atoms with Crippen LogP contribution in [0, 0.1) is 5.82 Å². The number of benzene rings is 1. The van der Waals surface area contributed by atoms with Gasteiger partial charge in [0.05, 0.1) is 18.6 Å². The van der Waals surface area contributed by atoms with Crippen LogP contribution in [0.25, 0.3) is 0 Å². The highest BCUT2D eigenvalue weighted by Crippen LogP contribution is 2.32. The van der Waals surface area contributed by atoms with E-state index in [0.717, 1.165) is 36.3 Å². The third kappa shape index (κ3) is 1.98. The molecular weight excluding hydrogens is 229 g/mol. The maximum absolute atomic E-state index is 13.3. The van der Waals surface area contributed by atoms with E-state index in [0.29, 0.717) is 6.04 Å². The Hall–Kier alpha value is -1.84. The van der Waals surface area contributed by atoms with Crippen LogP contribution in [0.2, 0.25) is 0 Å². The van der Waals surface area contributed by atoms with Gasteiger partial charge in [0.2, 0.25) is 0 Å². The highest BCUT2D eigenvalue weighted by Gasteiger charge is 2.23. The zero-order valence-electron chi connectivity index (χ0n) is 10.4. The Balaban J connectivity index is 1.94. The smallest absolute Gasteiger partial charge is 0.123 e. The van der Waals surface area contributed by atoms with E-state index < -0.39 is 0 Å². The highest BCUT2D eigenvalue weighted by molar-refractivity contribution is 5.56. The Labute approximate surface area is 106 Å². The Kier molecular flexibility index (Phi) is 2.78. The van der Waals surface area contributed by atoms with Gasteiger partial charge in [-0.25, -0.2) is 9.37 Å². The van der Waals surface area contributed by atoms with Crippen LogP contribution in [-0.4, -0.2) is 16.0 Å². The maximum Gasteiger partial charge on any atom is 0.123 e. The summed E-state index contributed by atoms with van der Waals surface area (Å²) in [6, 6.07) is 5.54. The van der Waals surface area contributed by atoms with Crippen molar-refractivity contribution in [2.75, 3.05) is 4.90 Å². The van der Waals surface area contributed by atoms with Gasteiger partial charge in [0.15, 0.2) is 0 Å². The van der Waals surface area contributed by atoms with Crippen LogP contribution < -0.4 is 4.90 Å². The monoisotopic (exact) mass is 245 g/mol. The molecular formula is C14H16FN3. The molecule has 0 bridgehead atoms. The Morgan fingerprint density at radius 3 is 3.17 bits per heavy atom. The molecule has 1 aromatic carbocycles. The number of aryl methyl sites for hydroxylation is 1. The van der Waals surface area contributed by atoms with Gasteiger partial charge in [-0.15, -0.1) is 0 Å². The fourth-order valence-electron chi connectivity index (χ4n) is 2.59. The van der Waals surface area contributed by atoms with Gasteiger partial charge in [-0.05, 0) is 43.5 Å². The van der Waals surface area contributed by atoms with Crippen molar-refractivity contribution in [3.8, 4) is 0 Å². The second kappa shape index (κ2) is 4.44. The second-order valence-corrected chi connectivity index (χ2v) is 4.87. The fraction of sp³-hybridized carbons (Fsp3) is 0.357. The molecule has 0 saturated carbocycles. The first kappa shape index (κ1) is 11.3. The first-order valence-electron chi connectivity index (χ1n) is 6.26. The van der Waals surface area contributed by atoms with Gasteiger partial charge in [0.25, 0.3) is 0 Å². The summed E-state index contributed by atoms with van der Waals surface area (Å²) in [6.07, 6.45) is 5.54. The summed E-state index contributed by atoms with van der Waals surface area (Å²) in [7, 11) is 0. The first-order valence-corrected chi connectivity index (χ1v) is 6.26. The van der Waals surface area contributed by atoms with E-state index in [1.807, 2.05) is 12.3 Å². The van der Waals surface area contributed by atoms with Gasteiger partial charge in [0.1, 0.15) is 5.82 Å². The van der Waals surface area contributed by atoms with Gasteiger partial charge in [-0.2, -0.15) is 0 Å². The number of aromatic nitrogens is 2. The molecule has 0 unspecified atom stereocenters. The number of H-pyrrole nitrogens is 1. The van der Waals surface area contributed by atoms with Crippen molar-refractivity contribution in [1.82, 2.24) is 9.97 Å². The van der Waals surface area contributed by atoms with Crippen LogP contribution in [-0.2, 0) is 13.0 Å². The van der Waals surface area contributed by atoms with Crippen LogP contribution in [0.5, 0.6) is 0 Å². The molecule has 3 nitrogen and oxygen atoms in total. The second-order valence-electron chi connectivity index (χ2n) is 4.87. The van der Waals surface area contributed by atoms with E-state index >= 15 is 0 Å². The number of halogens is 1. The quantitative estimate of drug-likeness (QED) is 0.882. The largest absolute Gasteiger partial charge is 0.363 e. The molecule has 4 heteroatoms. The van der Waals surface area contributed by atoms with Gasteiger partial charge < -0.3 is 9.88 Å². The lowest BCUT2D eigenvalue weighted by Gasteiger charge is -2.36. The lowest BCUT2D eigenvalue weighted by atomic mass is 9.96. The number of aromatic amines is 1. The molecule has 18 heavy (non-hydrogen) atoms. The van der Waals surface area contributed by atoms with E-state index in [2.05, 4.69) is 21.8 Å². The molecule has 0 saturated heterocycles. The molecule has 2 heterocycles. The van der Waals surface area contributed by atoms with Crippen molar-refractivity contribution >= 4 is 5.69 Å². The molecule has 0 aliphatic carbocycles. The first-order chi connectivity index (χ1) is 8.74. The van der Waals surface area contributed by atoms with E-state index in [9.17, 15) is 4.39 Å². The van der Waals surface area contributed by atoms with E-state index in [1.165, 1.54) is 6.07 Å². The summed E-state index contributed by atoms with van der Waals surface area (Å²) in [4.78, 5) is 9.47. The van der Waals surface area contributed by atoms with Crippen molar-refractivity contribution in [3.63, 3.8) is 0 Å². The molecule has 94 valence electrons. The minimum atomic E-state index is -0.148. The zero-order valence-corrected chi connectivity index (χ0v) is 10.4. The SMILES string of the molecule is C[C@H]1CCc2cc(F)ccc2N1Cc1cnc[nH]1. The molecule has 1 aliphatic rings. The number of anilines is 1. The van der Waals surface area contributed by atoms with Crippen molar-refractivity contribution in [2.45, 2.75) is 32.4 Å². The van der Waals surface area contributed by atoms with E-state index in [1.54, 1.807) is 12.4 Å². The molecule has 0 radical (unpaired) electrons. The third-order valence-corrected chi connectivity index (χ3v) is 3.61. The lowest BCUT2D eigenvalue weighted by Crippen LogP contribution is -2.36. The van der Waals surface area contributed by atoms with Gasteiger partial charge in [-0.1, -0.05) is 0 Å². The average Bonchev–Trinajstić information content (AvgIpc) is 2.86. The number of nitrogens with one attached hydrogen (secondary N) is 1. The van der Waals surface area contributed by atoms with E-state index in [-0.39, 0.29) is 5.82 Å². The summed E-state index contributed by atoms with van der Waals surface area (Å²) in [5, 5.41) is 0. The molecule has 3 rings (SSSR count). The van der Waals surface area contributed by atoms with Crippen molar-refractivity contribution < 1.29 is 4.39 Å². The number of hydrogen-bond acceptors (Lipinski definition) is 2. The molecule has 0 amide bonds. The van der Waals surface area contributed by atoms with Gasteiger partial charge in [-0.3, -0.25) is 0 Å².